The van der Waals surface area contributed by atoms with Gasteiger partial charge in [0.15, 0.2) is 0 Å². The summed E-state index contributed by atoms with van der Waals surface area (Å²) < 4.78 is 0. The average molecular weight is 359 g/mol. The van der Waals surface area contributed by atoms with Crippen molar-refractivity contribution in [1.29, 1.82) is 0 Å². The standard InChI is InChI=1S/C20H26N2O2S/c1-13(2)15-4-6-16(7-5-15)19-21-18(12-25-19)11-22-9-14(3)8-17(10-22)20(23)24/h4-7,12-14,17H,8-11H2,1-3H3,(H,23,24). The molecule has 0 amide bonds. The molecule has 1 saturated heterocycles. The van der Waals surface area contributed by atoms with Gasteiger partial charge in [-0.2, -0.15) is 0 Å². The Morgan fingerprint density at radius 3 is 2.68 bits per heavy atom. The Hall–Kier alpha value is -1.72. The van der Waals surface area contributed by atoms with Crippen LogP contribution in [0.15, 0.2) is 29.6 Å². The number of thiazole rings is 1. The topological polar surface area (TPSA) is 53.4 Å². The fraction of sp³-hybridized carbons (Fsp3) is 0.500. The zero-order chi connectivity index (χ0) is 18.0. The Labute approximate surface area is 153 Å². The van der Waals surface area contributed by atoms with E-state index in [2.05, 4.69) is 55.3 Å². The highest BCUT2D eigenvalue weighted by atomic mass is 32.1. The predicted molar refractivity (Wildman–Crippen MR) is 102 cm³/mol. The third kappa shape index (κ3) is 4.47. The second-order valence-corrected chi connectivity index (χ2v) is 8.35. The molecule has 1 aromatic heterocycles. The summed E-state index contributed by atoms with van der Waals surface area (Å²) in [4.78, 5) is 18.3. The highest BCUT2D eigenvalue weighted by Crippen LogP contribution is 2.28. The minimum atomic E-state index is -0.680. The minimum Gasteiger partial charge on any atom is -0.481 e. The van der Waals surface area contributed by atoms with Gasteiger partial charge in [-0.05, 0) is 23.8 Å². The van der Waals surface area contributed by atoms with Gasteiger partial charge in [0.2, 0.25) is 0 Å². The summed E-state index contributed by atoms with van der Waals surface area (Å²) in [6.07, 6.45) is 0.774. The molecule has 25 heavy (non-hydrogen) atoms. The third-order valence-electron chi connectivity index (χ3n) is 4.85. The summed E-state index contributed by atoms with van der Waals surface area (Å²) >= 11 is 1.66. The van der Waals surface area contributed by atoms with Crippen molar-refractivity contribution < 1.29 is 9.90 Å². The quantitative estimate of drug-likeness (QED) is 0.856. The highest BCUT2D eigenvalue weighted by Gasteiger charge is 2.29. The molecular weight excluding hydrogens is 332 g/mol. The molecule has 3 rings (SSSR count). The Morgan fingerprint density at radius 2 is 2.04 bits per heavy atom. The van der Waals surface area contributed by atoms with Crippen LogP contribution in [0.4, 0.5) is 0 Å². The number of rotatable bonds is 5. The molecule has 2 atom stereocenters. The van der Waals surface area contributed by atoms with E-state index in [0.717, 1.165) is 35.8 Å². The molecule has 134 valence electrons. The van der Waals surface area contributed by atoms with Crippen LogP contribution in [-0.2, 0) is 11.3 Å². The van der Waals surface area contributed by atoms with Gasteiger partial charge in [0, 0.05) is 30.6 Å². The van der Waals surface area contributed by atoms with Crippen LogP contribution < -0.4 is 0 Å². The summed E-state index contributed by atoms with van der Waals surface area (Å²) in [5.74, 6) is 0.00639. The van der Waals surface area contributed by atoms with E-state index in [1.54, 1.807) is 11.3 Å². The van der Waals surface area contributed by atoms with E-state index in [4.69, 9.17) is 4.98 Å². The van der Waals surface area contributed by atoms with Gasteiger partial charge >= 0.3 is 5.97 Å². The number of nitrogens with zero attached hydrogens (tertiary/aromatic N) is 2. The van der Waals surface area contributed by atoms with Crippen LogP contribution in [0.1, 0.15) is 44.4 Å². The van der Waals surface area contributed by atoms with Crippen LogP contribution in [0, 0.1) is 11.8 Å². The van der Waals surface area contributed by atoms with E-state index >= 15 is 0 Å². The molecule has 0 bridgehead atoms. The lowest BCUT2D eigenvalue weighted by atomic mass is 9.90. The molecule has 4 nitrogen and oxygen atoms in total. The van der Waals surface area contributed by atoms with E-state index < -0.39 is 5.97 Å². The van der Waals surface area contributed by atoms with Crippen molar-refractivity contribution >= 4 is 17.3 Å². The van der Waals surface area contributed by atoms with E-state index in [1.807, 2.05) is 0 Å². The van der Waals surface area contributed by atoms with Gasteiger partial charge in [-0.25, -0.2) is 4.98 Å². The lowest BCUT2D eigenvalue weighted by Gasteiger charge is -2.34. The Morgan fingerprint density at radius 1 is 1.32 bits per heavy atom. The van der Waals surface area contributed by atoms with Crippen molar-refractivity contribution in [3.8, 4) is 10.6 Å². The maximum Gasteiger partial charge on any atom is 0.307 e. The number of aromatic nitrogens is 1. The number of likely N-dealkylation sites (tertiary alicyclic amines) is 1. The molecule has 0 spiro atoms. The molecule has 0 saturated carbocycles. The molecule has 5 heteroatoms. The summed E-state index contributed by atoms with van der Waals surface area (Å²) in [7, 11) is 0. The summed E-state index contributed by atoms with van der Waals surface area (Å²) in [6, 6.07) is 8.62. The molecule has 1 fully saturated rings. The van der Waals surface area contributed by atoms with Crippen molar-refractivity contribution in [2.24, 2.45) is 11.8 Å². The van der Waals surface area contributed by atoms with Crippen molar-refractivity contribution in [2.45, 2.75) is 39.7 Å². The van der Waals surface area contributed by atoms with Crippen LogP contribution in [0.5, 0.6) is 0 Å². The largest absolute Gasteiger partial charge is 0.481 e. The Kier molecular flexibility index (Phi) is 5.54. The monoisotopic (exact) mass is 358 g/mol. The summed E-state index contributed by atoms with van der Waals surface area (Å²) in [6.45, 7) is 8.82. The van der Waals surface area contributed by atoms with E-state index in [-0.39, 0.29) is 5.92 Å². The maximum absolute atomic E-state index is 11.3. The van der Waals surface area contributed by atoms with Crippen LogP contribution in [0.2, 0.25) is 0 Å². The average Bonchev–Trinajstić information content (AvgIpc) is 3.02. The van der Waals surface area contributed by atoms with E-state index in [9.17, 15) is 9.90 Å². The molecule has 1 aromatic carbocycles. The molecule has 1 aliphatic heterocycles. The Bertz CT molecular complexity index is 724. The lowest BCUT2D eigenvalue weighted by molar-refractivity contribution is -0.144. The van der Waals surface area contributed by atoms with E-state index in [0.29, 0.717) is 18.4 Å². The second kappa shape index (κ2) is 7.67. The molecule has 2 unspecified atom stereocenters. The van der Waals surface area contributed by atoms with Crippen molar-refractivity contribution in [1.82, 2.24) is 9.88 Å². The van der Waals surface area contributed by atoms with Gasteiger partial charge in [0.25, 0.3) is 0 Å². The normalized spacial score (nSPS) is 21.6. The van der Waals surface area contributed by atoms with Gasteiger partial charge in [-0.1, -0.05) is 45.0 Å². The number of benzene rings is 1. The number of piperidine rings is 1. The van der Waals surface area contributed by atoms with Gasteiger partial charge in [0.1, 0.15) is 5.01 Å². The fourth-order valence-corrected chi connectivity index (χ4v) is 4.34. The maximum atomic E-state index is 11.3. The molecule has 2 heterocycles. The smallest absolute Gasteiger partial charge is 0.307 e. The second-order valence-electron chi connectivity index (χ2n) is 7.49. The first-order valence-corrected chi connectivity index (χ1v) is 9.80. The van der Waals surface area contributed by atoms with Crippen LogP contribution >= 0.6 is 11.3 Å². The van der Waals surface area contributed by atoms with Crippen LogP contribution in [0.25, 0.3) is 10.6 Å². The molecule has 1 aliphatic rings. The first kappa shape index (κ1) is 18.1. The number of carboxylic acids is 1. The predicted octanol–water partition coefficient (Wildman–Crippen LogP) is 4.48. The Balaban J connectivity index is 1.68. The highest BCUT2D eigenvalue weighted by molar-refractivity contribution is 7.13. The molecule has 0 radical (unpaired) electrons. The third-order valence-corrected chi connectivity index (χ3v) is 5.79. The van der Waals surface area contributed by atoms with Crippen molar-refractivity contribution in [3.05, 3.63) is 40.9 Å². The lowest BCUT2D eigenvalue weighted by Crippen LogP contribution is -2.42. The fourth-order valence-electron chi connectivity index (χ4n) is 3.52. The van der Waals surface area contributed by atoms with Crippen LogP contribution in [0.3, 0.4) is 0 Å². The molecular formula is C20H26N2O2S. The number of carbonyl (C=O) groups is 1. The number of hydrogen-bond donors (Lipinski definition) is 1. The van der Waals surface area contributed by atoms with E-state index in [1.165, 1.54) is 5.56 Å². The van der Waals surface area contributed by atoms with Gasteiger partial charge < -0.3 is 5.11 Å². The minimum absolute atomic E-state index is 0.259. The number of hydrogen-bond acceptors (Lipinski definition) is 4. The molecule has 0 aliphatic carbocycles. The molecule has 2 aromatic rings. The number of carboxylic acid groups (broad SMARTS) is 1. The summed E-state index contributed by atoms with van der Waals surface area (Å²) in [5.41, 5.74) is 3.52. The van der Waals surface area contributed by atoms with Gasteiger partial charge in [0.05, 0.1) is 11.6 Å². The SMILES string of the molecule is CC1CC(C(=O)O)CN(Cc2csc(-c3ccc(C(C)C)cc3)n2)C1. The zero-order valence-corrected chi connectivity index (χ0v) is 15.9. The van der Waals surface area contributed by atoms with Crippen molar-refractivity contribution in [3.63, 3.8) is 0 Å². The van der Waals surface area contributed by atoms with Gasteiger partial charge in [-0.15, -0.1) is 11.3 Å². The molecule has 1 N–H and O–H groups in total. The zero-order valence-electron chi connectivity index (χ0n) is 15.1. The first-order valence-electron chi connectivity index (χ1n) is 8.92. The van der Waals surface area contributed by atoms with Crippen LogP contribution in [-0.4, -0.2) is 34.0 Å². The van der Waals surface area contributed by atoms with Gasteiger partial charge in [-0.3, -0.25) is 9.69 Å². The first-order chi connectivity index (χ1) is 11.9. The summed E-state index contributed by atoms with van der Waals surface area (Å²) in [5, 5.41) is 12.4. The van der Waals surface area contributed by atoms with Crippen molar-refractivity contribution in [2.75, 3.05) is 13.1 Å². The number of aliphatic carboxylic acids is 1.